The van der Waals surface area contributed by atoms with Crippen LogP contribution in [-0.4, -0.2) is 45.7 Å². The number of esters is 1. The number of β-lactam (4-membered cyclic amide) rings is 1. The molecule has 1 amide bonds. The Morgan fingerprint density at radius 1 is 1.36 bits per heavy atom. The molecule has 0 saturated carbocycles. The van der Waals surface area contributed by atoms with Crippen LogP contribution >= 0.6 is 11.8 Å². The summed E-state index contributed by atoms with van der Waals surface area (Å²) in [6.07, 6.45) is 0. The minimum absolute atomic E-state index is 0.0715. The maximum Gasteiger partial charge on any atom is 0.359 e. The van der Waals surface area contributed by atoms with Gasteiger partial charge in [-0.1, -0.05) is 0 Å². The van der Waals surface area contributed by atoms with Crippen molar-refractivity contribution >= 4 is 35.1 Å². The number of hydrogen-bond acceptors (Lipinski definition) is 8. The van der Waals surface area contributed by atoms with Crippen LogP contribution < -0.4 is 0 Å². The van der Waals surface area contributed by atoms with E-state index < -0.39 is 28.0 Å². The molecule has 3 rings (SSSR count). The number of hydrogen-bond donors (Lipinski definition) is 0. The zero-order chi connectivity index (χ0) is 18.1. The molecule has 1 aromatic carbocycles. The first kappa shape index (κ1) is 17.0. The van der Waals surface area contributed by atoms with E-state index in [0.29, 0.717) is 5.56 Å². The fourth-order valence-electron chi connectivity index (χ4n) is 2.41. The van der Waals surface area contributed by atoms with Gasteiger partial charge in [-0.15, -0.1) is 11.8 Å². The predicted molar refractivity (Wildman–Crippen MR) is 85.0 cm³/mol. The van der Waals surface area contributed by atoms with Crippen LogP contribution in [-0.2, 0) is 30.5 Å². The van der Waals surface area contributed by atoms with E-state index in [0.717, 1.165) is 4.90 Å². The van der Waals surface area contributed by atoms with Crippen LogP contribution in [0.3, 0.4) is 0 Å². The van der Waals surface area contributed by atoms with E-state index in [9.17, 15) is 24.5 Å². The lowest BCUT2D eigenvalue weighted by Gasteiger charge is -2.41. The molecule has 10 heteroatoms. The van der Waals surface area contributed by atoms with Crippen LogP contribution in [0, 0.1) is 10.1 Å². The summed E-state index contributed by atoms with van der Waals surface area (Å²) < 4.78 is 10.3. The minimum Gasteiger partial charge on any atom is -0.498 e. The first-order chi connectivity index (χ1) is 11.9. The van der Waals surface area contributed by atoms with Crippen molar-refractivity contribution < 1.29 is 28.8 Å². The van der Waals surface area contributed by atoms with Crippen molar-refractivity contribution in [3.05, 3.63) is 51.4 Å². The fourth-order valence-corrected chi connectivity index (χ4v) is 3.57. The van der Waals surface area contributed by atoms with Crippen LogP contribution in [0.5, 0.6) is 0 Å². The number of fused-ring (bicyclic) bond motifs is 1. The molecular weight excluding hydrogens is 352 g/mol. The molecule has 0 aromatic heterocycles. The minimum atomic E-state index is -0.790. The van der Waals surface area contributed by atoms with Crippen LogP contribution in [0.2, 0.25) is 0 Å². The number of methoxy groups -OCH3 is 1. The highest BCUT2D eigenvalue weighted by Crippen LogP contribution is 2.38. The number of rotatable bonds is 5. The summed E-state index contributed by atoms with van der Waals surface area (Å²) in [5.41, 5.74) is 0.403. The molecular formula is C15H12N2O7S. The van der Waals surface area contributed by atoms with E-state index in [-0.39, 0.29) is 29.5 Å². The van der Waals surface area contributed by atoms with Gasteiger partial charge in [-0.05, 0) is 17.7 Å². The number of nitro groups is 1. The van der Waals surface area contributed by atoms with Crippen molar-refractivity contribution in [1.29, 1.82) is 0 Å². The van der Waals surface area contributed by atoms with E-state index in [2.05, 4.69) is 0 Å². The van der Waals surface area contributed by atoms with Crippen molar-refractivity contribution in [1.82, 2.24) is 4.90 Å². The van der Waals surface area contributed by atoms with Crippen LogP contribution in [0.1, 0.15) is 5.56 Å². The normalized spacial score (nSPS) is 19.2. The van der Waals surface area contributed by atoms with Crippen molar-refractivity contribution in [2.75, 3.05) is 12.9 Å². The summed E-state index contributed by atoms with van der Waals surface area (Å²) in [4.78, 5) is 46.8. The molecule has 0 spiro atoms. The third kappa shape index (κ3) is 2.95. The van der Waals surface area contributed by atoms with Gasteiger partial charge in [0, 0.05) is 12.1 Å². The number of Topliss-reactive ketones (excluding diaryl/α,β-unsaturated/α-hetero) is 1. The predicted octanol–water partition coefficient (Wildman–Crippen LogP) is 0.980. The molecule has 0 aliphatic carbocycles. The first-order valence-electron chi connectivity index (χ1n) is 7.10. The second-order valence-electron chi connectivity index (χ2n) is 5.18. The van der Waals surface area contributed by atoms with E-state index in [1.165, 1.54) is 43.1 Å². The van der Waals surface area contributed by atoms with Gasteiger partial charge in [0.15, 0.2) is 11.1 Å². The molecule has 2 aliphatic rings. The lowest BCUT2D eigenvalue weighted by atomic mass is 10.1. The number of nitro benzene ring substituents is 1. The van der Waals surface area contributed by atoms with Gasteiger partial charge in [0.2, 0.25) is 0 Å². The standard InChI is InChI=1S/C15H12N2O7S/c1-23-10-7-25-14-12(18)13(19)16(14)11(10)15(20)24-6-8-2-4-9(5-3-8)17(21)22/h2-5,14H,6-7H2,1H3/t14-/m0/s1. The van der Waals surface area contributed by atoms with Crippen LogP contribution in [0.25, 0.3) is 0 Å². The van der Waals surface area contributed by atoms with Crippen molar-refractivity contribution in [3.8, 4) is 0 Å². The fraction of sp³-hybridized carbons (Fsp3) is 0.267. The van der Waals surface area contributed by atoms with Gasteiger partial charge in [-0.3, -0.25) is 24.6 Å². The molecule has 2 aliphatic heterocycles. The van der Waals surface area contributed by atoms with E-state index in [1.807, 2.05) is 0 Å². The van der Waals surface area contributed by atoms with E-state index >= 15 is 0 Å². The quantitative estimate of drug-likeness (QED) is 0.250. The molecule has 2 heterocycles. The van der Waals surface area contributed by atoms with Crippen molar-refractivity contribution in [3.63, 3.8) is 0 Å². The number of benzene rings is 1. The molecule has 130 valence electrons. The van der Waals surface area contributed by atoms with Crippen molar-refractivity contribution in [2.45, 2.75) is 12.0 Å². The Balaban J connectivity index is 1.73. The smallest absolute Gasteiger partial charge is 0.359 e. The molecule has 1 fully saturated rings. The van der Waals surface area contributed by atoms with Crippen molar-refractivity contribution in [2.24, 2.45) is 0 Å². The molecule has 0 N–H and O–H groups in total. The summed E-state index contributed by atoms with van der Waals surface area (Å²) in [5.74, 6) is -1.58. The number of thioether (sulfide) groups is 1. The summed E-state index contributed by atoms with van der Waals surface area (Å²) in [5, 5.41) is 9.90. The maximum atomic E-state index is 12.4. The summed E-state index contributed by atoms with van der Waals surface area (Å²) in [7, 11) is 1.37. The Morgan fingerprint density at radius 2 is 2.04 bits per heavy atom. The third-order valence-electron chi connectivity index (χ3n) is 3.72. The van der Waals surface area contributed by atoms with Crippen LogP contribution in [0.4, 0.5) is 5.69 Å². The van der Waals surface area contributed by atoms with Crippen LogP contribution in [0.15, 0.2) is 35.7 Å². The second-order valence-corrected chi connectivity index (χ2v) is 6.25. The van der Waals surface area contributed by atoms with Gasteiger partial charge >= 0.3 is 5.97 Å². The molecule has 0 radical (unpaired) electrons. The number of ether oxygens (including phenoxy) is 2. The van der Waals surface area contributed by atoms with Gasteiger partial charge in [0.25, 0.3) is 17.4 Å². The Morgan fingerprint density at radius 3 is 2.64 bits per heavy atom. The van der Waals surface area contributed by atoms with E-state index in [4.69, 9.17) is 9.47 Å². The summed E-state index contributed by atoms with van der Waals surface area (Å²) >= 11 is 1.20. The first-order valence-corrected chi connectivity index (χ1v) is 8.15. The summed E-state index contributed by atoms with van der Waals surface area (Å²) in [6, 6.07) is 5.53. The number of nitrogens with zero attached hydrogens (tertiary/aromatic N) is 2. The monoisotopic (exact) mass is 364 g/mol. The molecule has 25 heavy (non-hydrogen) atoms. The SMILES string of the molecule is COC1=C(C(=O)OCc2ccc([N+](=O)[O-])cc2)N2C(=O)C(=O)[C@@H]2SC1. The van der Waals surface area contributed by atoms with E-state index in [1.54, 1.807) is 0 Å². The Labute approximate surface area is 145 Å². The summed E-state index contributed by atoms with van der Waals surface area (Å²) in [6.45, 7) is -0.134. The third-order valence-corrected chi connectivity index (χ3v) is 4.89. The number of ketones is 1. The van der Waals surface area contributed by atoms with Gasteiger partial charge in [0.1, 0.15) is 12.4 Å². The second kappa shape index (κ2) is 6.55. The zero-order valence-electron chi connectivity index (χ0n) is 13.0. The Hall–Kier alpha value is -2.88. The highest BCUT2D eigenvalue weighted by molar-refractivity contribution is 8.01. The van der Waals surface area contributed by atoms with Gasteiger partial charge in [0.05, 0.1) is 17.8 Å². The number of amides is 1. The molecule has 9 nitrogen and oxygen atoms in total. The van der Waals surface area contributed by atoms with Gasteiger partial charge in [-0.25, -0.2) is 4.79 Å². The molecule has 0 unspecified atom stereocenters. The number of carbonyl (C=O) groups is 3. The highest BCUT2D eigenvalue weighted by Gasteiger charge is 2.53. The molecule has 1 atom stereocenters. The maximum absolute atomic E-state index is 12.4. The molecule has 0 bridgehead atoms. The lowest BCUT2D eigenvalue weighted by molar-refractivity contribution is -0.384. The topological polar surface area (TPSA) is 116 Å². The lowest BCUT2D eigenvalue weighted by Crippen LogP contribution is -2.62. The number of non-ortho nitro benzene ring substituents is 1. The highest BCUT2D eigenvalue weighted by atomic mass is 32.2. The Kier molecular flexibility index (Phi) is 4.45. The van der Waals surface area contributed by atoms with Gasteiger partial charge < -0.3 is 9.47 Å². The average Bonchev–Trinajstić information content (AvgIpc) is 2.64. The molecule has 1 aromatic rings. The largest absolute Gasteiger partial charge is 0.498 e. The average molecular weight is 364 g/mol. The Bertz CT molecular complexity index is 803. The van der Waals surface area contributed by atoms with Gasteiger partial charge in [-0.2, -0.15) is 0 Å². The number of carbonyl (C=O) groups excluding carboxylic acids is 3. The zero-order valence-corrected chi connectivity index (χ0v) is 13.8. The molecule has 1 saturated heterocycles.